The summed E-state index contributed by atoms with van der Waals surface area (Å²) >= 11 is 0. The molecule has 0 amide bonds. The highest BCUT2D eigenvalue weighted by molar-refractivity contribution is 5.83. The maximum atomic E-state index is 13.7. The van der Waals surface area contributed by atoms with Gasteiger partial charge in [0, 0.05) is 48.5 Å². The van der Waals surface area contributed by atoms with Crippen molar-refractivity contribution in [3.05, 3.63) is 66.0 Å². The van der Waals surface area contributed by atoms with E-state index in [4.69, 9.17) is 4.74 Å². The number of halogens is 1. The number of anilines is 1. The Hall–Kier alpha value is -3.52. The molecule has 1 aromatic carbocycles. The largest absolute Gasteiger partial charge is 0.486 e. The predicted octanol–water partition coefficient (Wildman–Crippen LogP) is 3.30. The van der Waals surface area contributed by atoms with E-state index in [0.29, 0.717) is 42.7 Å². The van der Waals surface area contributed by atoms with E-state index in [0.717, 1.165) is 30.4 Å². The number of aromatic nitrogens is 4. The molecule has 0 bridgehead atoms. The number of hydrogen-bond donors (Lipinski definition) is 3. The molecule has 0 aliphatic carbocycles. The minimum Gasteiger partial charge on any atom is -0.486 e. The molecule has 0 radical (unpaired) electrons. The van der Waals surface area contributed by atoms with Crippen LogP contribution in [0.1, 0.15) is 11.3 Å². The third-order valence-corrected chi connectivity index (χ3v) is 5.08. The van der Waals surface area contributed by atoms with E-state index in [1.165, 1.54) is 17.0 Å². The Kier molecular flexibility index (Phi) is 4.98. The zero-order chi connectivity index (χ0) is 20.3. The van der Waals surface area contributed by atoms with Gasteiger partial charge in [0.1, 0.15) is 18.1 Å². The minimum atomic E-state index is -0.422. The van der Waals surface area contributed by atoms with Crippen molar-refractivity contribution in [3.8, 4) is 17.1 Å². The number of pyridine rings is 1. The van der Waals surface area contributed by atoms with Crippen LogP contribution in [-0.2, 0) is 13.0 Å². The minimum absolute atomic E-state index is 0.419. The van der Waals surface area contributed by atoms with Gasteiger partial charge >= 0.3 is 0 Å². The number of aromatic amines is 1. The van der Waals surface area contributed by atoms with Crippen molar-refractivity contribution in [1.82, 2.24) is 25.3 Å². The topological polar surface area (TPSA) is 87.8 Å². The number of ether oxygens (including phenoxy) is 1. The summed E-state index contributed by atoms with van der Waals surface area (Å²) in [6, 6.07) is 9.62. The quantitative estimate of drug-likeness (QED) is 0.473. The van der Waals surface area contributed by atoms with Crippen LogP contribution in [0.4, 0.5) is 10.2 Å². The molecule has 0 unspecified atom stereocenters. The maximum absolute atomic E-state index is 13.7. The summed E-state index contributed by atoms with van der Waals surface area (Å²) < 4.78 is 19.6. The summed E-state index contributed by atoms with van der Waals surface area (Å²) in [4.78, 5) is 16.4. The second-order valence-electron chi connectivity index (χ2n) is 7.12. The third-order valence-electron chi connectivity index (χ3n) is 5.08. The smallest absolute Gasteiger partial charge is 0.184 e. The van der Waals surface area contributed by atoms with Crippen LogP contribution in [0.3, 0.4) is 0 Å². The lowest BCUT2D eigenvalue weighted by atomic mass is 10.1. The number of rotatable bonds is 5. The summed E-state index contributed by atoms with van der Waals surface area (Å²) in [6.07, 6.45) is 5.58. The second kappa shape index (κ2) is 8.08. The fourth-order valence-corrected chi connectivity index (χ4v) is 3.64. The summed E-state index contributed by atoms with van der Waals surface area (Å²) in [6.45, 7) is 2.49. The van der Waals surface area contributed by atoms with Gasteiger partial charge in [-0.2, -0.15) is 0 Å². The van der Waals surface area contributed by atoms with E-state index in [9.17, 15) is 4.39 Å². The summed E-state index contributed by atoms with van der Waals surface area (Å²) in [5.74, 6) is 1.26. The Morgan fingerprint density at radius 2 is 2.10 bits per heavy atom. The Morgan fingerprint density at radius 3 is 3.03 bits per heavy atom. The highest BCUT2D eigenvalue weighted by Crippen LogP contribution is 2.30. The third kappa shape index (κ3) is 3.69. The van der Waals surface area contributed by atoms with Crippen molar-refractivity contribution < 1.29 is 9.13 Å². The van der Waals surface area contributed by atoms with Crippen molar-refractivity contribution in [3.63, 3.8) is 0 Å². The molecular weight excluding hydrogens is 383 g/mol. The van der Waals surface area contributed by atoms with Crippen molar-refractivity contribution >= 4 is 16.7 Å². The number of para-hydroxylation sites is 1. The van der Waals surface area contributed by atoms with Gasteiger partial charge in [0.25, 0.3) is 0 Å². The van der Waals surface area contributed by atoms with Crippen molar-refractivity contribution in [2.24, 2.45) is 0 Å². The van der Waals surface area contributed by atoms with Crippen LogP contribution in [0.15, 0.2) is 48.9 Å². The van der Waals surface area contributed by atoms with Crippen LogP contribution < -0.4 is 15.4 Å². The first-order valence-corrected chi connectivity index (χ1v) is 9.92. The standard InChI is InChI=1S/C22H21FN6O/c23-16-9-15(10-25-12-16)21-28-19-13-24-7-8-30-20(19)22(29-21)26-6-5-14-11-27-18-4-2-1-3-17(14)18/h1-4,9-12,24,27H,5-8,13H2,(H,26,28,29). The van der Waals surface area contributed by atoms with E-state index in [1.807, 2.05) is 18.3 Å². The first-order chi connectivity index (χ1) is 14.8. The number of benzene rings is 1. The molecule has 3 aromatic heterocycles. The van der Waals surface area contributed by atoms with Gasteiger partial charge in [-0.25, -0.2) is 14.4 Å². The van der Waals surface area contributed by atoms with Crippen LogP contribution in [0, 0.1) is 5.82 Å². The van der Waals surface area contributed by atoms with E-state index in [-0.39, 0.29) is 0 Å². The lowest BCUT2D eigenvalue weighted by Crippen LogP contribution is -2.16. The Morgan fingerprint density at radius 1 is 1.17 bits per heavy atom. The summed E-state index contributed by atoms with van der Waals surface area (Å²) in [7, 11) is 0. The number of nitrogens with zero attached hydrogens (tertiary/aromatic N) is 3. The molecule has 152 valence electrons. The van der Waals surface area contributed by atoms with Crippen LogP contribution in [-0.4, -0.2) is 39.6 Å². The zero-order valence-electron chi connectivity index (χ0n) is 16.3. The average molecular weight is 404 g/mol. The lowest BCUT2D eigenvalue weighted by Gasteiger charge is -2.15. The Labute approximate surface area is 172 Å². The second-order valence-corrected chi connectivity index (χ2v) is 7.12. The van der Waals surface area contributed by atoms with E-state index >= 15 is 0 Å². The van der Waals surface area contributed by atoms with Gasteiger partial charge in [-0.15, -0.1) is 0 Å². The molecule has 1 aliphatic rings. The molecule has 1 aliphatic heterocycles. The normalized spacial score (nSPS) is 13.5. The molecule has 8 heteroatoms. The van der Waals surface area contributed by atoms with E-state index in [2.05, 4.69) is 42.7 Å². The van der Waals surface area contributed by atoms with Gasteiger partial charge in [0.15, 0.2) is 17.4 Å². The zero-order valence-corrected chi connectivity index (χ0v) is 16.3. The molecule has 30 heavy (non-hydrogen) atoms. The maximum Gasteiger partial charge on any atom is 0.184 e. The summed E-state index contributed by atoms with van der Waals surface area (Å²) in [5, 5.41) is 7.89. The number of H-pyrrole nitrogens is 1. The van der Waals surface area contributed by atoms with Crippen LogP contribution in [0.2, 0.25) is 0 Å². The fraction of sp³-hybridized carbons (Fsp3) is 0.227. The predicted molar refractivity (Wildman–Crippen MR) is 113 cm³/mol. The molecule has 0 atom stereocenters. The molecule has 7 nitrogen and oxygen atoms in total. The average Bonchev–Trinajstić information content (AvgIpc) is 3.02. The van der Waals surface area contributed by atoms with Gasteiger partial charge in [0.2, 0.25) is 0 Å². The molecule has 5 rings (SSSR count). The number of nitrogens with one attached hydrogen (secondary N) is 3. The van der Waals surface area contributed by atoms with Gasteiger partial charge in [0.05, 0.1) is 6.20 Å². The van der Waals surface area contributed by atoms with Crippen LogP contribution >= 0.6 is 0 Å². The first-order valence-electron chi connectivity index (χ1n) is 9.92. The van der Waals surface area contributed by atoms with E-state index in [1.54, 1.807) is 6.20 Å². The molecule has 4 heterocycles. The van der Waals surface area contributed by atoms with Crippen LogP contribution in [0.5, 0.6) is 5.75 Å². The monoisotopic (exact) mass is 404 g/mol. The van der Waals surface area contributed by atoms with Gasteiger partial charge in [-0.05, 0) is 24.1 Å². The van der Waals surface area contributed by atoms with Crippen molar-refractivity contribution in [2.45, 2.75) is 13.0 Å². The molecule has 0 saturated carbocycles. The van der Waals surface area contributed by atoms with Crippen molar-refractivity contribution in [2.75, 3.05) is 25.0 Å². The summed E-state index contributed by atoms with van der Waals surface area (Å²) in [5.41, 5.74) is 3.63. The van der Waals surface area contributed by atoms with Crippen LogP contribution in [0.25, 0.3) is 22.3 Å². The molecule has 0 fully saturated rings. The Balaban J connectivity index is 1.43. The van der Waals surface area contributed by atoms with E-state index < -0.39 is 5.82 Å². The fourth-order valence-electron chi connectivity index (χ4n) is 3.64. The molecule has 0 spiro atoms. The molecule has 4 aromatic rings. The first kappa shape index (κ1) is 18.5. The van der Waals surface area contributed by atoms with Gasteiger partial charge < -0.3 is 20.4 Å². The molecule has 3 N–H and O–H groups in total. The number of fused-ring (bicyclic) bond motifs is 2. The van der Waals surface area contributed by atoms with Crippen molar-refractivity contribution in [1.29, 1.82) is 0 Å². The lowest BCUT2D eigenvalue weighted by molar-refractivity contribution is 0.325. The molecular formula is C22H21FN6O. The van der Waals surface area contributed by atoms with Gasteiger partial charge in [-0.1, -0.05) is 18.2 Å². The SMILES string of the molecule is Fc1cncc(-c2nc3c(c(NCCc4c[nH]c5ccccc45)n2)OCCNC3)c1. The number of hydrogen-bond acceptors (Lipinski definition) is 6. The highest BCUT2D eigenvalue weighted by Gasteiger charge is 2.19. The Bertz CT molecular complexity index is 1190. The highest BCUT2D eigenvalue weighted by atomic mass is 19.1. The molecule has 0 saturated heterocycles. The van der Waals surface area contributed by atoms with Gasteiger partial charge in [-0.3, -0.25) is 4.98 Å².